The molecule has 1 amide bonds. The van der Waals surface area contributed by atoms with Gasteiger partial charge in [-0.15, -0.1) is 0 Å². The molecule has 1 aliphatic rings. The number of para-hydroxylation sites is 1. The summed E-state index contributed by atoms with van der Waals surface area (Å²) in [5, 5.41) is 1.27. The molecule has 0 fully saturated rings. The molecular weight excluding hydrogens is 373 g/mol. The molecule has 2 aromatic carbocycles. The monoisotopic (exact) mass is 387 g/mol. The Labute approximate surface area is 159 Å². The van der Waals surface area contributed by atoms with Crippen LogP contribution in [0.5, 0.6) is 0 Å². The van der Waals surface area contributed by atoms with E-state index in [9.17, 15) is 9.59 Å². The van der Waals surface area contributed by atoms with E-state index in [2.05, 4.69) is 0 Å². The third kappa shape index (κ3) is 2.52. The number of rotatable bonds is 3. The molecule has 0 unspecified atom stereocenters. The Hall–Kier alpha value is -2.30. The quantitative estimate of drug-likeness (QED) is 0.631. The molecule has 3 aromatic rings. The number of benzene rings is 2. The average Bonchev–Trinajstić information content (AvgIpc) is 2.91. The highest BCUT2D eigenvalue weighted by Crippen LogP contribution is 2.39. The van der Waals surface area contributed by atoms with E-state index in [4.69, 9.17) is 27.6 Å². The van der Waals surface area contributed by atoms with Crippen molar-refractivity contribution in [3.05, 3.63) is 79.6 Å². The molecule has 4 nitrogen and oxygen atoms in total. The fourth-order valence-corrected chi connectivity index (χ4v) is 3.77. The lowest BCUT2D eigenvalue weighted by molar-refractivity contribution is 0.0728. The summed E-state index contributed by atoms with van der Waals surface area (Å²) >= 11 is 12.2. The van der Waals surface area contributed by atoms with Gasteiger partial charge in [0.2, 0.25) is 5.76 Å². The van der Waals surface area contributed by atoms with Crippen LogP contribution >= 0.6 is 23.2 Å². The summed E-state index contributed by atoms with van der Waals surface area (Å²) < 4.78 is 5.83. The van der Waals surface area contributed by atoms with Gasteiger partial charge in [-0.3, -0.25) is 9.59 Å². The van der Waals surface area contributed by atoms with Gasteiger partial charge in [0, 0.05) is 6.54 Å². The molecule has 0 radical (unpaired) electrons. The summed E-state index contributed by atoms with van der Waals surface area (Å²) in [6.45, 7) is 2.48. The lowest BCUT2D eigenvalue weighted by atomic mass is 9.98. The second-order valence-electron chi connectivity index (χ2n) is 6.24. The molecule has 26 heavy (non-hydrogen) atoms. The fraction of sp³-hybridized carbons (Fsp3) is 0.200. The van der Waals surface area contributed by atoms with E-state index in [0.29, 0.717) is 33.1 Å². The van der Waals surface area contributed by atoms with Gasteiger partial charge in [0.05, 0.1) is 27.0 Å². The van der Waals surface area contributed by atoms with Gasteiger partial charge in [0.1, 0.15) is 5.58 Å². The van der Waals surface area contributed by atoms with Gasteiger partial charge in [-0.1, -0.05) is 48.3 Å². The summed E-state index contributed by atoms with van der Waals surface area (Å²) in [5.74, 6) is -0.168. The second kappa shape index (κ2) is 6.45. The van der Waals surface area contributed by atoms with Crippen LogP contribution in [-0.2, 0) is 0 Å². The van der Waals surface area contributed by atoms with Crippen LogP contribution in [0.4, 0.5) is 0 Å². The number of hydrogen-bond donors (Lipinski definition) is 0. The molecule has 0 spiro atoms. The van der Waals surface area contributed by atoms with Crippen molar-refractivity contribution in [2.24, 2.45) is 0 Å². The molecule has 0 N–H and O–H groups in total. The predicted molar refractivity (Wildman–Crippen MR) is 102 cm³/mol. The zero-order valence-corrected chi connectivity index (χ0v) is 15.5. The number of amides is 1. The molecule has 132 valence electrons. The van der Waals surface area contributed by atoms with Crippen LogP contribution in [0.15, 0.2) is 51.7 Å². The first-order valence-corrected chi connectivity index (χ1v) is 9.10. The number of carbonyl (C=O) groups is 1. The van der Waals surface area contributed by atoms with Crippen molar-refractivity contribution in [2.45, 2.75) is 19.4 Å². The first-order valence-electron chi connectivity index (χ1n) is 8.34. The summed E-state index contributed by atoms with van der Waals surface area (Å²) in [5.41, 5.74) is 1.32. The first-order chi connectivity index (χ1) is 12.5. The summed E-state index contributed by atoms with van der Waals surface area (Å²) in [4.78, 5) is 27.8. The van der Waals surface area contributed by atoms with Crippen molar-refractivity contribution < 1.29 is 9.21 Å². The lowest BCUT2D eigenvalue weighted by Crippen LogP contribution is -2.30. The SMILES string of the molecule is CCCN1C(=O)c2oc3ccccc3c(=O)c2[C@@H]1c1ccc(Cl)c(Cl)c1. The minimum atomic E-state index is -0.534. The van der Waals surface area contributed by atoms with Crippen molar-refractivity contribution in [1.29, 1.82) is 0 Å². The van der Waals surface area contributed by atoms with Crippen LogP contribution in [0.2, 0.25) is 10.0 Å². The Morgan fingerprint density at radius 1 is 1.08 bits per heavy atom. The van der Waals surface area contributed by atoms with E-state index in [1.165, 1.54) is 0 Å². The van der Waals surface area contributed by atoms with Crippen molar-refractivity contribution in [1.82, 2.24) is 4.90 Å². The zero-order chi connectivity index (χ0) is 18.4. The highest BCUT2D eigenvalue weighted by Gasteiger charge is 2.42. The van der Waals surface area contributed by atoms with Gasteiger partial charge < -0.3 is 9.32 Å². The van der Waals surface area contributed by atoms with Crippen LogP contribution in [0.1, 0.15) is 41.1 Å². The van der Waals surface area contributed by atoms with E-state index in [1.54, 1.807) is 47.4 Å². The van der Waals surface area contributed by atoms with Gasteiger partial charge in [-0.05, 0) is 36.2 Å². The second-order valence-corrected chi connectivity index (χ2v) is 7.06. The van der Waals surface area contributed by atoms with E-state index in [-0.39, 0.29) is 17.1 Å². The summed E-state index contributed by atoms with van der Waals surface area (Å²) in [6.07, 6.45) is 0.755. The third-order valence-corrected chi connectivity index (χ3v) is 5.34. The smallest absolute Gasteiger partial charge is 0.290 e. The number of halogens is 2. The zero-order valence-electron chi connectivity index (χ0n) is 14.0. The Kier molecular flexibility index (Phi) is 4.25. The topological polar surface area (TPSA) is 50.5 Å². The van der Waals surface area contributed by atoms with Crippen molar-refractivity contribution in [2.75, 3.05) is 6.54 Å². The van der Waals surface area contributed by atoms with E-state index in [1.807, 2.05) is 6.92 Å². The molecule has 1 atom stereocenters. The van der Waals surface area contributed by atoms with Gasteiger partial charge in [0.15, 0.2) is 5.43 Å². The maximum absolute atomic E-state index is 13.2. The summed E-state index contributed by atoms with van der Waals surface area (Å²) in [7, 11) is 0. The van der Waals surface area contributed by atoms with Crippen molar-refractivity contribution >= 4 is 40.1 Å². The molecule has 6 heteroatoms. The molecule has 0 bridgehead atoms. The number of carbonyl (C=O) groups excluding carboxylic acids is 1. The van der Waals surface area contributed by atoms with Crippen LogP contribution in [0, 0.1) is 0 Å². The minimum absolute atomic E-state index is 0.109. The maximum atomic E-state index is 13.2. The molecular formula is C20H15Cl2NO3. The molecule has 0 saturated heterocycles. The highest BCUT2D eigenvalue weighted by molar-refractivity contribution is 6.42. The third-order valence-electron chi connectivity index (χ3n) is 4.60. The van der Waals surface area contributed by atoms with Crippen LogP contribution < -0.4 is 5.43 Å². The number of hydrogen-bond acceptors (Lipinski definition) is 3. The Morgan fingerprint density at radius 3 is 2.58 bits per heavy atom. The van der Waals surface area contributed by atoms with E-state index in [0.717, 1.165) is 12.0 Å². The number of nitrogens with zero attached hydrogens (tertiary/aromatic N) is 1. The predicted octanol–water partition coefficient (Wildman–Crippen LogP) is 5.06. The largest absolute Gasteiger partial charge is 0.450 e. The molecule has 0 saturated carbocycles. The first kappa shape index (κ1) is 17.1. The van der Waals surface area contributed by atoms with Gasteiger partial charge in [-0.25, -0.2) is 0 Å². The summed E-state index contributed by atoms with van der Waals surface area (Å²) in [6, 6.07) is 11.6. The van der Waals surface area contributed by atoms with Crippen LogP contribution in [-0.4, -0.2) is 17.4 Å². The van der Waals surface area contributed by atoms with Crippen molar-refractivity contribution in [3.63, 3.8) is 0 Å². The molecule has 4 rings (SSSR count). The van der Waals surface area contributed by atoms with Gasteiger partial charge in [0.25, 0.3) is 5.91 Å². The minimum Gasteiger partial charge on any atom is -0.450 e. The standard InChI is InChI=1S/C20H15Cl2NO3/c1-2-9-23-17(11-7-8-13(21)14(22)10-11)16-18(24)12-5-3-4-6-15(12)26-19(16)20(23)25/h3-8,10,17H,2,9H2,1H3/t17-/m0/s1. The Balaban J connectivity index is 2.01. The highest BCUT2D eigenvalue weighted by atomic mass is 35.5. The molecule has 2 heterocycles. The van der Waals surface area contributed by atoms with Gasteiger partial charge in [-0.2, -0.15) is 0 Å². The lowest BCUT2D eigenvalue weighted by Gasteiger charge is -2.24. The Morgan fingerprint density at radius 2 is 1.85 bits per heavy atom. The van der Waals surface area contributed by atoms with E-state index >= 15 is 0 Å². The maximum Gasteiger partial charge on any atom is 0.290 e. The van der Waals surface area contributed by atoms with Gasteiger partial charge >= 0.3 is 0 Å². The number of fused-ring (bicyclic) bond motifs is 2. The average molecular weight is 388 g/mol. The fourth-order valence-electron chi connectivity index (χ4n) is 3.47. The van der Waals surface area contributed by atoms with E-state index < -0.39 is 6.04 Å². The Bertz CT molecular complexity index is 1090. The van der Waals surface area contributed by atoms with Crippen molar-refractivity contribution in [3.8, 4) is 0 Å². The normalized spacial score (nSPS) is 16.3. The van der Waals surface area contributed by atoms with Crippen LogP contribution in [0.3, 0.4) is 0 Å². The molecule has 1 aliphatic heterocycles. The van der Waals surface area contributed by atoms with Crippen LogP contribution in [0.25, 0.3) is 11.0 Å². The molecule has 0 aliphatic carbocycles. The molecule has 1 aromatic heterocycles.